The first-order valence-corrected chi connectivity index (χ1v) is 9.73. The molecule has 5 rings (SSSR count). The third kappa shape index (κ3) is 3.98. The molecule has 0 atom stereocenters. The fraction of sp³-hybridized carbons (Fsp3) is 0. The Bertz CT molecular complexity index is 1280. The zero-order valence-electron chi connectivity index (χ0n) is 16.2. The van der Waals surface area contributed by atoms with E-state index in [0.29, 0.717) is 0 Å². The molecule has 0 spiro atoms. The molecule has 4 heteroatoms. The molecule has 0 amide bonds. The third-order valence-electron chi connectivity index (χ3n) is 4.76. The predicted octanol–water partition coefficient (Wildman–Crippen LogP) is 5.91. The molecule has 0 aliphatic rings. The van der Waals surface area contributed by atoms with Crippen LogP contribution >= 0.6 is 0 Å². The number of hydrogen-bond acceptors (Lipinski definition) is 4. The summed E-state index contributed by atoms with van der Waals surface area (Å²) < 4.78 is 0. The van der Waals surface area contributed by atoms with Crippen LogP contribution in [-0.4, -0.2) is 19.9 Å². The van der Waals surface area contributed by atoms with E-state index in [9.17, 15) is 0 Å². The Kier molecular flexibility index (Phi) is 4.80. The summed E-state index contributed by atoms with van der Waals surface area (Å²) in [5, 5.41) is 0. The van der Waals surface area contributed by atoms with Crippen LogP contribution in [0.1, 0.15) is 22.5 Å². The molecule has 0 fully saturated rings. The molecule has 30 heavy (non-hydrogen) atoms. The first-order chi connectivity index (χ1) is 14.8. The maximum absolute atomic E-state index is 4.62. The Balaban J connectivity index is 1.30. The number of benzene rings is 3. The number of nitrogens with zero attached hydrogens (tertiary/aromatic N) is 4. The van der Waals surface area contributed by atoms with E-state index in [1.54, 1.807) is 12.4 Å². The lowest BCUT2D eigenvalue weighted by atomic mass is 10.1. The van der Waals surface area contributed by atoms with E-state index in [2.05, 4.69) is 44.2 Å². The van der Waals surface area contributed by atoms with Gasteiger partial charge in [0.25, 0.3) is 0 Å². The van der Waals surface area contributed by atoms with Crippen LogP contribution in [0.4, 0.5) is 0 Å². The van der Waals surface area contributed by atoms with E-state index >= 15 is 0 Å². The zero-order valence-corrected chi connectivity index (χ0v) is 16.2. The van der Waals surface area contributed by atoms with Crippen molar-refractivity contribution in [3.8, 4) is 0 Å². The smallest absolute Gasteiger partial charge is 0.0894 e. The molecule has 3 aromatic carbocycles. The van der Waals surface area contributed by atoms with Gasteiger partial charge in [-0.1, -0.05) is 60.7 Å². The summed E-state index contributed by atoms with van der Waals surface area (Å²) in [7, 11) is 0. The minimum atomic E-state index is 0.840. The van der Waals surface area contributed by atoms with Gasteiger partial charge in [-0.15, -0.1) is 0 Å². The molecule has 2 aromatic heterocycles. The number of rotatable bonds is 4. The molecule has 0 saturated heterocycles. The molecule has 0 radical (unpaired) electrons. The van der Waals surface area contributed by atoms with Crippen LogP contribution in [0, 0.1) is 0 Å². The second-order valence-electron chi connectivity index (χ2n) is 6.90. The van der Waals surface area contributed by atoms with Gasteiger partial charge in [0.2, 0.25) is 0 Å². The molecule has 0 saturated carbocycles. The molecule has 2 heterocycles. The van der Waals surface area contributed by atoms with Gasteiger partial charge in [0.05, 0.1) is 45.8 Å². The second-order valence-corrected chi connectivity index (χ2v) is 6.90. The molecular formula is C26H18N4. The van der Waals surface area contributed by atoms with Crippen molar-refractivity contribution in [3.63, 3.8) is 0 Å². The molecule has 0 bridgehead atoms. The highest BCUT2D eigenvalue weighted by Gasteiger charge is 1.98. The number of fused-ring (bicyclic) bond motifs is 2. The van der Waals surface area contributed by atoms with Crippen molar-refractivity contribution >= 4 is 46.4 Å². The summed E-state index contributed by atoms with van der Waals surface area (Å²) >= 11 is 0. The van der Waals surface area contributed by atoms with Crippen LogP contribution in [0.5, 0.6) is 0 Å². The third-order valence-corrected chi connectivity index (χ3v) is 4.76. The molecule has 0 aliphatic heterocycles. The lowest BCUT2D eigenvalue weighted by Gasteiger charge is -1.99. The Morgan fingerprint density at radius 1 is 0.433 bits per heavy atom. The zero-order chi connectivity index (χ0) is 20.2. The van der Waals surface area contributed by atoms with Gasteiger partial charge in [-0.05, 0) is 47.5 Å². The Morgan fingerprint density at radius 3 is 1.27 bits per heavy atom. The van der Waals surface area contributed by atoms with Gasteiger partial charge < -0.3 is 0 Å². The van der Waals surface area contributed by atoms with Crippen molar-refractivity contribution in [2.45, 2.75) is 0 Å². The average molecular weight is 386 g/mol. The van der Waals surface area contributed by atoms with E-state index in [4.69, 9.17) is 0 Å². The average Bonchev–Trinajstić information content (AvgIpc) is 2.82. The maximum Gasteiger partial charge on any atom is 0.0894 e. The van der Waals surface area contributed by atoms with E-state index in [-0.39, 0.29) is 0 Å². The summed E-state index contributed by atoms with van der Waals surface area (Å²) in [4.78, 5) is 18.1. The molecule has 0 aliphatic carbocycles. The van der Waals surface area contributed by atoms with Gasteiger partial charge in [-0.3, -0.25) is 9.97 Å². The molecule has 0 unspecified atom stereocenters. The van der Waals surface area contributed by atoms with Crippen molar-refractivity contribution in [2.75, 3.05) is 0 Å². The van der Waals surface area contributed by atoms with Gasteiger partial charge >= 0.3 is 0 Å². The summed E-state index contributed by atoms with van der Waals surface area (Å²) in [6.45, 7) is 0. The first-order valence-electron chi connectivity index (χ1n) is 9.73. The largest absolute Gasteiger partial charge is 0.252 e. The van der Waals surface area contributed by atoms with Crippen LogP contribution in [0.2, 0.25) is 0 Å². The number of hydrogen-bond donors (Lipinski definition) is 0. The number of para-hydroxylation sites is 4. The van der Waals surface area contributed by atoms with Crippen LogP contribution in [0.15, 0.2) is 85.2 Å². The predicted molar refractivity (Wildman–Crippen MR) is 123 cm³/mol. The van der Waals surface area contributed by atoms with Crippen molar-refractivity contribution in [2.24, 2.45) is 0 Å². The lowest BCUT2D eigenvalue weighted by molar-refractivity contribution is 1.27. The topological polar surface area (TPSA) is 51.6 Å². The summed E-state index contributed by atoms with van der Waals surface area (Å²) in [6.07, 6.45) is 11.6. The first kappa shape index (κ1) is 17.9. The monoisotopic (exact) mass is 386 g/mol. The van der Waals surface area contributed by atoms with E-state index in [1.165, 1.54) is 0 Å². The SMILES string of the molecule is C(=Cc1cnc2ccccc2n1)c1ccc(C=Cc2cnc3ccccc3n2)cc1. The van der Waals surface area contributed by atoms with Crippen LogP contribution in [0.3, 0.4) is 0 Å². The highest BCUT2D eigenvalue weighted by Crippen LogP contribution is 2.14. The van der Waals surface area contributed by atoms with Crippen molar-refractivity contribution in [3.05, 3.63) is 108 Å². The van der Waals surface area contributed by atoms with Gasteiger partial charge in [-0.25, -0.2) is 9.97 Å². The van der Waals surface area contributed by atoms with Crippen molar-refractivity contribution < 1.29 is 0 Å². The summed E-state index contributed by atoms with van der Waals surface area (Å²) in [6, 6.07) is 24.1. The minimum Gasteiger partial charge on any atom is -0.252 e. The lowest BCUT2D eigenvalue weighted by Crippen LogP contribution is -1.86. The highest BCUT2D eigenvalue weighted by atomic mass is 14.8. The van der Waals surface area contributed by atoms with Crippen LogP contribution in [0.25, 0.3) is 46.4 Å². The van der Waals surface area contributed by atoms with Gasteiger partial charge in [-0.2, -0.15) is 0 Å². The Hall–Kier alpha value is -4.18. The molecule has 4 nitrogen and oxygen atoms in total. The van der Waals surface area contributed by atoms with Crippen LogP contribution < -0.4 is 0 Å². The van der Waals surface area contributed by atoms with Crippen molar-refractivity contribution in [1.82, 2.24) is 19.9 Å². The molecule has 0 N–H and O–H groups in total. The summed E-state index contributed by atoms with van der Waals surface area (Å²) in [5.41, 5.74) is 7.50. The second kappa shape index (κ2) is 8.05. The van der Waals surface area contributed by atoms with E-state index in [1.807, 2.05) is 72.8 Å². The fourth-order valence-electron chi connectivity index (χ4n) is 3.19. The van der Waals surface area contributed by atoms with Gasteiger partial charge in [0.15, 0.2) is 0 Å². The maximum atomic E-state index is 4.62. The molecule has 5 aromatic rings. The fourth-order valence-corrected chi connectivity index (χ4v) is 3.19. The van der Waals surface area contributed by atoms with Crippen LogP contribution in [-0.2, 0) is 0 Å². The number of aromatic nitrogens is 4. The Labute approximate surface area is 174 Å². The minimum absolute atomic E-state index is 0.840. The standard InChI is InChI=1S/C26H18N4/c1-3-7-25-23(5-1)27-17-21(29-25)15-13-19-9-11-20(12-10-19)14-16-22-18-28-24-6-2-4-8-26(24)30-22/h1-18H. The van der Waals surface area contributed by atoms with Gasteiger partial charge in [0.1, 0.15) is 0 Å². The van der Waals surface area contributed by atoms with E-state index < -0.39 is 0 Å². The molecular weight excluding hydrogens is 368 g/mol. The Morgan fingerprint density at radius 2 is 0.833 bits per heavy atom. The van der Waals surface area contributed by atoms with Gasteiger partial charge in [0, 0.05) is 0 Å². The normalized spacial score (nSPS) is 11.7. The summed E-state index contributed by atoms with van der Waals surface area (Å²) in [5.74, 6) is 0. The highest BCUT2D eigenvalue weighted by molar-refractivity contribution is 5.78. The molecule has 142 valence electrons. The quantitative estimate of drug-likeness (QED) is 0.385. The van der Waals surface area contributed by atoms with Crippen molar-refractivity contribution in [1.29, 1.82) is 0 Å². The van der Waals surface area contributed by atoms with E-state index in [0.717, 1.165) is 44.6 Å².